The van der Waals surface area contributed by atoms with E-state index in [0.29, 0.717) is 18.0 Å². The lowest BCUT2D eigenvalue weighted by Gasteiger charge is -2.23. The molecule has 0 fully saturated rings. The fourth-order valence-corrected chi connectivity index (χ4v) is 2.69. The molecule has 0 aliphatic rings. The highest BCUT2D eigenvalue weighted by molar-refractivity contribution is 7.10. The highest BCUT2D eigenvalue weighted by Gasteiger charge is 2.22. The minimum atomic E-state index is -0.128. The van der Waals surface area contributed by atoms with Crippen LogP contribution in [0.15, 0.2) is 41.8 Å². The molecule has 1 aromatic heterocycles. The Balaban J connectivity index is 1.78. The van der Waals surface area contributed by atoms with Crippen LogP contribution in [0.1, 0.15) is 18.7 Å². The van der Waals surface area contributed by atoms with Crippen LogP contribution < -0.4 is 15.8 Å². The van der Waals surface area contributed by atoms with Gasteiger partial charge in [-0.3, -0.25) is 4.79 Å². The minimum Gasteiger partial charge on any atom is -0.484 e. The van der Waals surface area contributed by atoms with Crippen molar-refractivity contribution in [2.45, 2.75) is 19.3 Å². The highest BCUT2D eigenvalue weighted by atomic mass is 32.1. The van der Waals surface area contributed by atoms with Gasteiger partial charge in [0.2, 0.25) is 0 Å². The molecule has 5 heteroatoms. The molecule has 0 saturated heterocycles. The number of hydrogen-bond donors (Lipinski definition) is 2. The zero-order valence-corrected chi connectivity index (χ0v) is 13.1. The largest absolute Gasteiger partial charge is 0.484 e. The van der Waals surface area contributed by atoms with Crippen LogP contribution >= 0.6 is 11.3 Å². The van der Waals surface area contributed by atoms with Crippen LogP contribution in [0.5, 0.6) is 5.75 Å². The second-order valence-corrected chi connectivity index (χ2v) is 6.44. The van der Waals surface area contributed by atoms with Crippen LogP contribution in [0.3, 0.4) is 0 Å². The zero-order valence-electron chi connectivity index (χ0n) is 12.3. The number of carbonyl (C=O) groups excluding carboxylic acids is 1. The summed E-state index contributed by atoms with van der Waals surface area (Å²) in [5.74, 6) is 0.508. The van der Waals surface area contributed by atoms with Crippen molar-refractivity contribution >= 4 is 22.9 Å². The lowest BCUT2D eigenvalue weighted by Crippen LogP contribution is -2.38. The van der Waals surface area contributed by atoms with Crippen LogP contribution in [0.4, 0.5) is 5.69 Å². The molecule has 0 atom stereocenters. The highest BCUT2D eigenvalue weighted by Crippen LogP contribution is 2.26. The molecule has 4 nitrogen and oxygen atoms in total. The third-order valence-electron chi connectivity index (χ3n) is 3.17. The summed E-state index contributed by atoms with van der Waals surface area (Å²) < 4.78 is 5.41. The second kappa shape index (κ2) is 6.63. The first-order chi connectivity index (χ1) is 9.97. The van der Waals surface area contributed by atoms with E-state index in [9.17, 15) is 4.79 Å². The van der Waals surface area contributed by atoms with E-state index in [1.54, 1.807) is 35.6 Å². The van der Waals surface area contributed by atoms with Gasteiger partial charge in [-0.2, -0.15) is 0 Å². The maximum atomic E-state index is 11.8. The molecule has 21 heavy (non-hydrogen) atoms. The Hall–Kier alpha value is -2.01. The molecule has 0 saturated carbocycles. The molecule has 1 aromatic carbocycles. The van der Waals surface area contributed by atoms with E-state index in [-0.39, 0.29) is 17.9 Å². The molecular weight excluding hydrogens is 284 g/mol. The Morgan fingerprint density at radius 1 is 1.29 bits per heavy atom. The van der Waals surface area contributed by atoms with E-state index in [4.69, 9.17) is 10.5 Å². The SMILES string of the molecule is CC(C)(CNC(=O)COc1ccc(N)cc1)c1cccs1. The van der Waals surface area contributed by atoms with Crippen LogP contribution in [-0.4, -0.2) is 19.1 Å². The Kier molecular flexibility index (Phi) is 4.85. The Labute approximate surface area is 128 Å². The standard InChI is InChI=1S/C16H20N2O2S/c1-16(2,14-4-3-9-21-14)11-18-15(19)10-20-13-7-5-12(17)6-8-13/h3-9H,10-11,17H2,1-2H3,(H,18,19). The zero-order chi connectivity index (χ0) is 15.3. The van der Waals surface area contributed by atoms with Gasteiger partial charge in [-0.05, 0) is 35.7 Å². The van der Waals surface area contributed by atoms with Gasteiger partial charge in [-0.1, -0.05) is 19.9 Å². The van der Waals surface area contributed by atoms with Crippen LogP contribution in [0, 0.1) is 0 Å². The lowest BCUT2D eigenvalue weighted by atomic mass is 9.91. The average Bonchev–Trinajstić information content (AvgIpc) is 3.00. The maximum absolute atomic E-state index is 11.8. The van der Waals surface area contributed by atoms with E-state index < -0.39 is 0 Å². The number of anilines is 1. The first kappa shape index (κ1) is 15.4. The van der Waals surface area contributed by atoms with E-state index in [1.807, 2.05) is 11.4 Å². The number of nitrogens with two attached hydrogens (primary N) is 1. The number of nitrogens with one attached hydrogen (secondary N) is 1. The third-order valence-corrected chi connectivity index (χ3v) is 4.40. The van der Waals surface area contributed by atoms with E-state index in [2.05, 4.69) is 25.2 Å². The lowest BCUT2D eigenvalue weighted by molar-refractivity contribution is -0.123. The molecular formula is C16H20N2O2S. The Morgan fingerprint density at radius 2 is 2.00 bits per heavy atom. The summed E-state index contributed by atoms with van der Waals surface area (Å²) >= 11 is 1.70. The predicted molar refractivity (Wildman–Crippen MR) is 86.7 cm³/mol. The Bertz CT molecular complexity index is 577. The quantitative estimate of drug-likeness (QED) is 0.807. The van der Waals surface area contributed by atoms with E-state index in [0.717, 1.165) is 0 Å². The van der Waals surface area contributed by atoms with Crippen LogP contribution in [-0.2, 0) is 10.2 Å². The van der Waals surface area contributed by atoms with Crippen LogP contribution in [0.2, 0.25) is 0 Å². The van der Waals surface area contributed by atoms with Gasteiger partial charge in [-0.15, -0.1) is 11.3 Å². The number of thiophene rings is 1. The van der Waals surface area contributed by atoms with Gasteiger partial charge in [0.05, 0.1) is 0 Å². The van der Waals surface area contributed by atoms with Crippen molar-refractivity contribution < 1.29 is 9.53 Å². The van der Waals surface area contributed by atoms with E-state index in [1.165, 1.54) is 4.88 Å². The first-order valence-corrected chi connectivity index (χ1v) is 7.64. The summed E-state index contributed by atoms with van der Waals surface area (Å²) in [7, 11) is 0. The topological polar surface area (TPSA) is 64.3 Å². The van der Waals surface area contributed by atoms with Gasteiger partial charge in [0, 0.05) is 22.5 Å². The summed E-state index contributed by atoms with van der Waals surface area (Å²) in [5.41, 5.74) is 6.18. The Morgan fingerprint density at radius 3 is 2.62 bits per heavy atom. The monoisotopic (exact) mass is 304 g/mol. The van der Waals surface area contributed by atoms with Gasteiger partial charge in [0.25, 0.3) is 5.91 Å². The molecule has 3 N–H and O–H groups in total. The van der Waals surface area contributed by atoms with Crippen molar-refractivity contribution in [3.63, 3.8) is 0 Å². The summed E-state index contributed by atoms with van der Waals surface area (Å²) in [6, 6.07) is 11.1. The smallest absolute Gasteiger partial charge is 0.257 e. The number of amides is 1. The molecule has 0 aliphatic carbocycles. The molecule has 0 spiro atoms. The van der Waals surface area contributed by atoms with Gasteiger partial charge in [0.15, 0.2) is 6.61 Å². The van der Waals surface area contributed by atoms with Gasteiger partial charge < -0.3 is 15.8 Å². The number of ether oxygens (including phenoxy) is 1. The van der Waals surface area contributed by atoms with Crippen molar-refractivity contribution in [1.29, 1.82) is 0 Å². The molecule has 1 heterocycles. The second-order valence-electron chi connectivity index (χ2n) is 5.50. The number of rotatable bonds is 6. The summed E-state index contributed by atoms with van der Waals surface area (Å²) in [6.07, 6.45) is 0. The number of benzene rings is 1. The molecule has 0 radical (unpaired) electrons. The summed E-state index contributed by atoms with van der Waals surface area (Å²) in [4.78, 5) is 13.1. The van der Waals surface area contributed by atoms with Crippen LogP contribution in [0.25, 0.3) is 0 Å². The summed E-state index contributed by atoms with van der Waals surface area (Å²) in [5, 5.41) is 4.96. The van der Waals surface area contributed by atoms with Crippen molar-refractivity contribution in [2.24, 2.45) is 0 Å². The molecule has 2 aromatic rings. The van der Waals surface area contributed by atoms with Crippen molar-refractivity contribution in [2.75, 3.05) is 18.9 Å². The number of carbonyl (C=O) groups is 1. The normalized spacial score (nSPS) is 11.1. The predicted octanol–water partition coefficient (Wildman–Crippen LogP) is 2.80. The number of hydrogen-bond acceptors (Lipinski definition) is 4. The van der Waals surface area contributed by atoms with Crippen molar-refractivity contribution in [1.82, 2.24) is 5.32 Å². The van der Waals surface area contributed by atoms with Crippen molar-refractivity contribution in [3.05, 3.63) is 46.7 Å². The molecule has 0 bridgehead atoms. The molecule has 0 unspecified atom stereocenters. The summed E-state index contributed by atoms with van der Waals surface area (Å²) in [6.45, 7) is 4.81. The molecule has 0 aliphatic heterocycles. The van der Waals surface area contributed by atoms with Gasteiger partial charge >= 0.3 is 0 Å². The maximum Gasteiger partial charge on any atom is 0.257 e. The van der Waals surface area contributed by atoms with E-state index >= 15 is 0 Å². The fourth-order valence-electron chi connectivity index (χ4n) is 1.83. The molecule has 2 rings (SSSR count). The van der Waals surface area contributed by atoms with Gasteiger partial charge in [-0.25, -0.2) is 0 Å². The molecule has 112 valence electrons. The fraction of sp³-hybridized carbons (Fsp3) is 0.312. The van der Waals surface area contributed by atoms with Gasteiger partial charge in [0.1, 0.15) is 5.75 Å². The first-order valence-electron chi connectivity index (χ1n) is 6.76. The molecule has 1 amide bonds. The van der Waals surface area contributed by atoms with Crippen molar-refractivity contribution in [3.8, 4) is 5.75 Å². The third kappa shape index (κ3) is 4.49. The number of nitrogen functional groups attached to an aromatic ring is 1. The average molecular weight is 304 g/mol. The minimum absolute atomic E-state index is 0.00440.